The Morgan fingerprint density at radius 1 is 1.47 bits per heavy atom. The van der Waals surface area contributed by atoms with Crippen LogP contribution in [0.15, 0.2) is 28.9 Å². The van der Waals surface area contributed by atoms with Crippen LogP contribution in [0.5, 0.6) is 0 Å². The summed E-state index contributed by atoms with van der Waals surface area (Å²) in [5.74, 6) is 1.37. The van der Waals surface area contributed by atoms with Crippen LogP contribution in [0.25, 0.3) is 11.3 Å². The van der Waals surface area contributed by atoms with E-state index in [0.29, 0.717) is 10.9 Å². The van der Waals surface area contributed by atoms with Crippen molar-refractivity contribution in [1.82, 2.24) is 9.97 Å². The van der Waals surface area contributed by atoms with Gasteiger partial charge in [0.1, 0.15) is 5.82 Å². The highest BCUT2D eigenvalue weighted by Gasteiger charge is 2.41. The van der Waals surface area contributed by atoms with Gasteiger partial charge in [0.05, 0.1) is 22.5 Å². The van der Waals surface area contributed by atoms with Gasteiger partial charge in [-0.25, -0.2) is 4.98 Å². The molecule has 100 valence electrons. The number of hydrogen-bond donors (Lipinski definition) is 2. The highest BCUT2D eigenvalue weighted by molar-refractivity contribution is 9.10. The number of aromatic nitrogens is 2. The Morgan fingerprint density at radius 3 is 2.84 bits per heavy atom. The second kappa shape index (κ2) is 4.62. The molecule has 0 saturated heterocycles. The van der Waals surface area contributed by atoms with Crippen molar-refractivity contribution in [3.05, 3.63) is 39.7 Å². The van der Waals surface area contributed by atoms with Crippen molar-refractivity contribution in [2.24, 2.45) is 11.7 Å². The molecule has 1 saturated carbocycles. The number of hydrogen-bond acceptors (Lipinski definition) is 2. The molecule has 19 heavy (non-hydrogen) atoms. The van der Waals surface area contributed by atoms with Crippen LogP contribution in [0.3, 0.4) is 0 Å². The molecule has 1 aliphatic carbocycles. The predicted molar refractivity (Wildman–Crippen MR) is 81.0 cm³/mol. The highest BCUT2D eigenvalue weighted by Crippen LogP contribution is 2.43. The van der Waals surface area contributed by atoms with Crippen molar-refractivity contribution in [3.8, 4) is 11.3 Å². The van der Waals surface area contributed by atoms with Gasteiger partial charge in [0.2, 0.25) is 0 Å². The van der Waals surface area contributed by atoms with Crippen LogP contribution in [0.1, 0.15) is 25.6 Å². The van der Waals surface area contributed by atoms with Crippen molar-refractivity contribution >= 4 is 27.5 Å². The standard InChI is InChI=1S/C14H15BrClN3/c1-14(17,8-2-3-8)13-18-7-12(19-13)10-5-4-9(15)6-11(10)16/h4-8H,2-3,17H2,1H3,(H,18,19). The summed E-state index contributed by atoms with van der Waals surface area (Å²) >= 11 is 9.66. The molecular weight excluding hydrogens is 326 g/mol. The molecule has 3 rings (SSSR count). The number of nitrogens with two attached hydrogens (primary N) is 1. The van der Waals surface area contributed by atoms with Crippen molar-refractivity contribution in [2.75, 3.05) is 0 Å². The lowest BCUT2D eigenvalue weighted by molar-refractivity contribution is 0.404. The van der Waals surface area contributed by atoms with Crippen LogP contribution >= 0.6 is 27.5 Å². The average Bonchev–Trinajstić information content (AvgIpc) is 3.09. The van der Waals surface area contributed by atoms with Crippen LogP contribution in [-0.2, 0) is 5.54 Å². The Hall–Kier alpha value is -0.840. The maximum Gasteiger partial charge on any atom is 0.126 e. The molecule has 1 atom stereocenters. The van der Waals surface area contributed by atoms with E-state index in [-0.39, 0.29) is 5.54 Å². The lowest BCUT2D eigenvalue weighted by atomic mass is 9.97. The van der Waals surface area contributed by atoms with Gasteiger partial charge in [0, 0.05) is 10.0 Å². The van der Waals surface area contributed by atoms with Crippen molar-refractivity contribution in [1.29, 1.82) is 0 Å². The molecule has 0 aliphatic heterocycles. The first-order valence-corrected chi connectivity index (χ1v) is 7.45. The monoisotopic (exact) mass is 339 g/mol. The SMILES string of the molecule is CC(N)(c1ncc(-c2ccc(Br)cc2Cl)[nH]1)C1CC1. The van der Waals surface area contributed by atoms with Gasteiger partial charge in [-0.3, -0.25) is 0 Å². The summed E-state index contributed by atoms with van der Waals surface area (Å²) in [7, 11) is 0. The van der Waals surface area contributed by atoms with Crippen LogP contribution < -0.4 is 5.73 Å². The Kier molecular flexibility index (Phi) is 3.20. The molecule has 2 aromatic rings. The fourth-order valence-corrected chi connectivity index (χ4v) is 3.09. The average molecular weight is 341 g/mol. The van der Waals surface area contributed by atoms with Crippen LogP contribution in [0.2, 0.25) is 5.02 Å². The highest BCUT2D eigenvalue weighted by atomic mass is 79.9. The Labute approximate surface area is 125 Å². The quantitative estimate of drug-likeness (QED) is 0.884. The van der Waals surface area contributed by atoms with E-state index in [1.54, 1.807) is 6.20 Å². The number of nitrogens with one attached hydrogen (secondary N) is 1. The summed E-state index contributed by atoms with van der Waals surface area (Å²) in [4.78, 5) is 7.75. The molecule has 0 bridgehead atoms. The van der Waals surface area contributed by atoms with E-state index in [4.69, 9.17) is 17.3 Å². The first-order chi connectivity index (χ1) is 8.98. The fraction of sp³-hybridized carbons (Fsp3) is 0.357. The lowest BCUT2D eigenvalue weighted by Crippen LogP contribution is -2.36. The summed E-state index contributed by atoms with van der Waals surface area (Å²) in [5, 5.41) is 0.690. The Morgan fingerprint density at radius 2 is 2.21 bits per heavy atom. The van der Waals surface area contributed by atoms with Gasteiger partial charge in [0.25, 0.3) is 0 Å². The zero-order valence-corrected chi connectivity index (χ0v) is 12.9. The van der Waals surface area contributed by atoms with E-state index in [9.17, 15) is 0 Å². The van der Waals surface area contributed by atoms with Gasteiger partial charge < -0.3 is 10.7 Å². The smallest absolute Gasteiger partial charge is 0.126 e. The first-order valence-electron chi connectivity index (χ1n) is 6.28. The predicted octanol–water partition coefficient (Wildman–Crippen LogP) is 4.08. The summed E-state index contributed by atoms with van der Waals surface area (Å²) in [6.45, 7) is 2.04. The van der Waals surface area contributed by atoms with E-state index in [1.807, 2.05) is 25.1 Å². The molecule has 1 aliphatic rings. The second-order valence-electron chi connectivity index (χ2n) is 5.33. The van der Waals surface area contributed by atoms with Gasteiger partial charge in [-0.1, -0.05) is 33.6 Å². The zero-order valence-electron chi connectivity index (χ0n) is 10.6. The third-order valence-electron chi connectivity index (χ3n) is 3.73. The molecule has 0 radical (unpaired) electrons. The molecule has 1 aromatic carbocycles. The number of imidazole rings is 1. The number of halogens is 2. The number of rotatable bonds is 3. The number of H-pyrrole nitrogens is 1. The summed E-state index contributed by atoms with van der Waals surface area (Å²) in [5.41, 5.74) is 7.84. The van der Waals surface area contributed by atoms with Gasteiger partial charge in [-0.2, -0.15) is 0 Å². The third kappa shape index (κ3) is 2.45. The lowest BCUT2D eigenvalue weighted by Gasteiger charge is -2.21. The van der Waals surface area contributed by atoms with Gasteiger partial charge in [0.15, 0.2) is 0 Å². The third-order valence-corrected chi connectivity index (χ3v) is 4.54. The van der Waals surface area contributed by atoms with Crippen molar-refractivity contribution in [2.45, 2.75) is 25.3 Å². The maximum atomic E-state index is 6.36. The molecule has 3 nitrogen and oxygen atoms in total. The minimum absolute atomic E-state index is 0.375. The van der Waals surface area contributed by atoms with Crippen LogP contribution in [-0.4, -0.2) is 9.97 Å². The normalized spacial score (nSPS) is 18.3. The van der Waals surface area contributed by atoms with Crippen molar-refractivity contribution < 1.29 is 0 Å². The van der Waals surface area contributed by atoms with E-state index in [0.717, 1.165) is 21.6 Å². The summed E-state index contributed by atoms with van der Waals surface area (Å²) < 4.78 is 0.961. The van der Waals surface area contributed by atoms with Gasteiger partial charge in [-0.05, 0) is 37.8 Å². The van der Waals surface area contributed by atoms with E-state index < -0.39 is 0 Å². The van der Waals surface area contributed by atoms with Crippen molar-refractivity contribution in [3.63, 3.8) is 0 Å². The number of benzene rings is 1. The molecular formula is C14H15BrClN3. The van der Waals surface area contributed by atoms with Crippen LogP contribution in [0, 0.1) is 5.92 Å². The van der Waals surface area contributed by atoms with E-state index in [2.05, 4.69) is 25.9 Å². The molecule has 1 heterocycles. The fourth-order valence-electron chi connectivity index (χ4n) is 2.32. The maximum absolute atomic E-state index is 6.36. The molecule has 5 heteroatoms. The summed E-state index contributed by atoms with van der Waals surface area (Å²) in [6.07, 6.45) is 4.17. The first kappa shape index (κ1) is 13.2. The Balaban J connectivity index is 1.96. The minimum Gasteiger partial charge on any atom is -0.340 e. The van der Waals surface area contributed by atoms with E-state index in [1.165, 1.54) is 12.8 Å². The van der Waals surface area contributed by atoms with E-state index >= 15 is 0 Å². The Bertz CT molecular complexity index is 617. The molecule has 0 spiro atoms. The summed E-state index contributed by atoms with van der Waals surface area (Å²) in [6, 6.07) is 5.80. The second-order valence-corrected chi connectivity index (χ2v) is 6.65. The van der Waals surface area contributed by atoms with Crippen LogP contribution in [0.4, 0.5) is 0 Å². The largest absolute Gasteiger partial charge is 0.340 e. The van der Waals surface area contributed by atoms with Gasteiger partial charge >= 0.3 is 0 Å². The minimum atomic E-state index is -0.375. The molecule has 1 unspecified atom stereocenters. The topological polar surface area (TPSA) is 54.7 Å². The number of nitrogens with zero attached hydrogens (tertiary/aromatic N) is 1. The number of aromatic amines is 1. The molecule has 1 fully saturated rings. The molecule has 0 amide bonds. The molecule has 3 N–H and O–H groups in total. The zero-order chi connectivity index (χ0) is 13.6. The van der Waals surface area contributed by atoms with Gasteiger partial charge in [-0.15, -0.1) is 0 Å². The molecule has 1 aromatic heterocycles.